The molecule has 12 rings (SSSR count). The normalized spacial score (nSPS) is 20.9. The summed E-state index contributed by atoms with van der Waals surface area (Å²) < 4.78 is 43.8. The zero-order valence-corrected chi connectivity index (χ0v) is 59.7. The summed E-state index contributed by atoms with van der Waals surface area (Å²) in [7, 11) is 1.58. The average molecular weight is 1380 g/mol. The molecule has 24 nitrogen and oxygen atoms in total. The van der Waals surface area contributed by atoms with Gasteiger partial charge in [-0.05, 0) is 160 Å². The summed E-state index contributed by atoms with van der Waals surface area (Å²) in [5.41, 5.74) is 8.27. The first-order valence-electron chi connectivity index (χ1n) is 36.1. The molecule has 0 bridgehead atoms. The van der Waals surface area contributed by atoms with Crippen molar-refractivity contribution in [3.05, 3.63) is 96.1 Å². The summed E-state index contributed by atoms with van der Waals surface area (Å²) in [5, 5.41) is 18.0. The van der Waals surface area contributed by atoms with E-state index in [1.54, 1.807) is 38.8 Å². The van der Waals surface area contributed by atoms with Crippen LogP contribution in [0, 0.1) is 11.8 Å². The number of anilines is 4. The highest BCUT2D eigenvalue weighted by Gasteiger charge is 2.32. The minimum Gasteiger partial charge on any atom is -0.462 e. The van der Waals surface area contributed by atoms with Crippen molar-refractivity contribution in [2.45, 2.75) is 221 Å². The van der Waals surface area contributed by atoms with E-state index in [1.165, 1.54) is 12.8 Å². The first-order valence-corrected chi connectivity index (χ1v) is 36.1. The van der Waals surface area contributed by atoms with Crippen molar-refractivity contribution in [3.8, 4) is 0 Å². The number of pyridine rings is 4. The Labute approximate surface area is 588 Å². The van der Waals surface area contributed by atoms with Gasteiger partial charge >= 0.3 is 23.9 Å². The van der Waals surface area contributed by atoms with Gasteiger partial charge in [-0.3, -0.25) is 0 Å². The summed E-state index contributed by atoms with van der Waals surface area (Å²) in [4.78, 5) is 79.4. The predicted molar refractivity (Wildman–Crippen MR) is 394 cm³/mol. The Hall–Kier alpha value is -8.32. The van der Waals surface area contributed by atoms with Gasteiger partial charge in [-0.15, -0.1) is 0 Å². The number of hydrogen-bond acceptors (Lipinski definition) is 20. The fourth-order valence-electron chi connectivity index (χ4n) is 13.5. The zero-order valence-electron chi connectivity index (χ0n) is 59.7. The quantitative estimate of drug-likeness (QED) is 0.0128. The van der Waals surface area contributed by atoms with Crippen LogP contribution in [0.5, 0.6) is 0 Å². The molecule has 9 atom stereocenters. The Morgan fingerprint density at radius 2 is 0.810 bits per heavy atom. The summed E-state index contributed by atoms with van der Waals surface area (Å²) >= 11 is 0. The number of hydrogen-bond donors (Lipinski definition) is 8. The molecule has 8 N–H and O–H groups in total. The minimum absolute atomic E-state index is 0. The van der Waals surface area contributed by atoms with E-state index in [-0.39, 0.29) is 50.1 Å². The molecular weight excluding hydrogens is 1270 g/mol. The molecule has 8 aromatic rings. The van der Waals surface area contributed by atoms with Crippen LogP contribution in [-0.2, 0) is 37.9 Å². The topological polar surface area (TPSA) is 305 Å². The molecule has 4 aliphatic carbocycles. The van der Waals surface area contributed by atoms with E-state index >= 15 is 0 Å². The molecule has 0 saturated heterocycles. The van der Waals surface area contributed by atoms with E-state index in [9.17, 15) is 19.2 Å². The molecule has 4 fully saturated rings. The second kappa shape index (κ2) is 39.0. The lowest BCUT2D eigenvalue weighted by atomic mass is 9.79. The summed E-state index contributed by atoms with van der Waals surface area (Å²) in [6.45, 7) is 22.2. The Kier molecular flexibility index (Phi) is 30.2. The second-order valence-corrected chi connectivity index (χ2v) is 26.7. The molecule has 0 spiro atoms. The van der Waals surface area contributed by atoms with Gasteiger partial charge in [-0.1, -0.05) is 49.0 Å². The van der Waals surface area contributed by atoms with E-state index in [1.807, 2.05) is 69.8 Å². The van der Waals surface area contributed by atoms with Crippen LogP contribution < -0.4 is 21.3 Å². The molecule has 0 aliphatic heterocycles. The minimum atomic E-state index is -0.369. The fourth-order valence-corrected chi connectivity index (χ4v) is 13.5. The van der Waals surface area contributed by atoms with Gasteiger partial charge in [0.15, 0.2) is 0 Å². The standard InChI is InChI=1S/3C19H27N3O3.C18H25N3O3.CH4/c1-12-4-5-16(13(2)10-12)22-17-14-6-7-20-18(14)21-11-15(17)19(23)25-9-8-24-3;1-4-9-24-14-6-5-13(10-14)22-17-15-7-8-20-18(15)21-11-16(17)19(23)25-12(2)3;1-3-9-24-14-6-5-13(11-14)22-17-15-7-8-20-18(15)21-12-16(17)19(23)25-10-4-2;1-3-9-24-13-6-5-12(10-13)21-16-14-7-8-19-17(14)20-11-15(16)18(22)23-4-2;/h6-7,11-13,16H,4-5,8-10H2,1-3H3,(H2,20,21,22);7-8,11-14H,4-6,9-10H2,1-3H3,(H2,20,21,22);7-8,12-14H,3-6,9-11H2,1-2H3,(H2,20,21,22);7-8,11-13H,3-6,9-10H2,1-2H3,(H2,19,20,21);1H4. The molecule has 9 unspecified atom stereocenters. The highest BCUT2D eigenvalue weighted by molar-refractivity contribution is 6.07. The van der Waals surface area contributed by atoms with Gasteiger partial charge in [-0.2, -0.15) is 0 Å². The highest BCUT2D eigenvalue weighted by atomic mass is 16.6. The molecule has 100 heavy (non-hydrogen) atoms. The van der Waals surface area contributed by atoms with Crippen LogP contribution in [0.3, 0.4) is 0 Å². The van der Waals surface area contributed by atoms with Crippen molar-refractivity contribution in [1.82, 2.24) is 39.9 Å². The molecule has 546 valence electrons. The number of methoxy groups -OCH3 is 1. The molecule has 8 heterocycles. The predicted octanol–water partition coefficient (Wildman–Crippen LogP) is 15.5. The van der Waals surface area contributed by atoms with E-state index in [0.29, 0.717) is 84.4 Å². The first-order chi connectivity index (χ1) is 48.1. The number of esters is 4. The van der Waals surface area contributed by atoms with Crippen molar-refractivity contribution >= 4 is 90.8 Å². The molecular formula is C76H110N12O12. The number of nitrogens with zero attached hydrogens (tertiary/aromatic N) is 4. The lowest BCUT2D eigenvalue weighted by molar-refractivity contribution is 0.0373. The Morgan fingerprint density at radius 3 is 1.16 bits per heavy atom. The van der Waals surface area contributed by atoms with E-state index in [4.69, 9.17) is 37.9 Å². The van der Waals surface area contributed by atoms with Crippen LogP contribution in [0.15, 0.2) is 73.8 Å². The summed E-state index contributed by atoms with van der Waals surface area (Å²) in [5.74, 6) is -0.0551. The Balaban J connectivity index is 0.000000169. The number of rotatable bonds is 28. The van der Waals surface area contributed by atoms with Crippen molar-refractivity contribution in [2.75, 3.05) is 74.6 Å². The number of carbonyl (C=O) groups excluding carboxylic acids is 4. The number of ether oxygens (including phenoxy) is 8. The zero-order chi connectivity index (χ0) is 70.2. The largest absolute Gasteiger partial charge is 0.462 e. The maximum absolute atomic E-state index is 12.5. The molecule has 0 radical (unpaired) electrons. The van der Waals surface area contributed by atoms with Crippen molar-refractivity contribution < 1.29 is 57.1 Å². The summed E-state index contributed by atoms with van der Waals surface area (Å²) in [6, 6.07) is 8.99. The molecule has 0 aromatic carbocycles. The number of aromatic nitrogens is 8. The van der Waals surface area contributed by atoms with E-state index in [2.05, 4.69) is 95.8 Å². The molecule has 0 amide bonds. The maximum atomic E-state index is 12.5. The van der Waals surface area contributed by atoms with Gasteiger partial charge < -0.3 is 79.1 Å². The van der Waals surface area contributed by atoms with Gasteiger partial charge in [0, 0.05) is 122 Å². The molecule has 24 heteroatoms. The van der Waals surface area contributed by atoms with Gasteiger partial charge in [-0.25, -0.2) is 39.1 Å². The van der Waals surface area contributed by atoms with Crippen LogP contribution in [0.2, 0.25) is 0 Å². The highest BCUT2D eigenvalue weighted by Crippen LogP contribution is 2.37. The monoisotopic (exact) mass is 1380 g/mol. The van der Waals surface area contributed by atoms with Gasteiger partial charge in [0.2, 0.25) is 0 Å². The Morgan fingerprint density at radius 1 is 0.450 bits per heavy atom. The second-order valence-electron chi connectivity index (χ2n) is 26.7. The number of H-pyrrole nitrogens is 4. The van der Waals surface area contributed by atoms with E-state index < -0.39 is 0 Å². The SMILES string of the molecule is C.CCCOC(=O)c1cnc2[nH]ccc2c1NC1CCC(OCCC)C1.CCCOC1CCC(Nc2c(C(=O)OC(C)C)cnc3[nH]ccc23)C1.CCCOC1CCC(Nc2c(C(=O)OCC)cnc3[nH]ccc23)C1.COCCOC(=O)c1cnc2[nH]ccc2c1NC1CCC(C)CC1C. The van der Waals surface area contributed by atoms with Crippen LogP contribution in [-0.4, -0.2) is 166 Å². The fraction of sp³-hybridized carbons (Fsp3) is 0.579. The number of nitrogens with one attached hydrogen (secondary N) is 8. The number of carbonyl (C=O) groups is 4. The lowest BCUT2D eigenvalue weighted by Crippen LogP contribution is -2.33. The molecule has 4 saturated carbocycles. The van der Waals surface area contributed by atoms with Crippen LogP contribution in [0.4, 0.5) is 22.7 Å². The third-order valence-electron chi connectivity index (χ3n) is 18.4. The molecule has 8 aromatic heterocycles. The first kappa shape index (κ1) is 77.4. The van der Waals surface area contributed by atoms with Gasteiger partial charge in [0.25, 0.3) is 0 Å². The van der Waals surface area contributed by atoms with Gasteiger partial charge in [0.1, 0.15) is 51.4 Å². The third-order valence-corrected chi connectivity index (χ3v) is 18.4. The maximum Gasteiger partial charge on any atom is 0.342 e. The smallest absolute Gasteiger partial charge is 0.342 e. The van der Waals surface area contributed by atoms with Crippen LogP contribution >= 0.6 is 0 Å². The van der Waals surface area contributed by atoms with E-state index in [0.717, 1.165) is 183 Å². The molecule has 4 aliphatic rings. The van der Waals surface area contributed by atoms with Crippen molar-refractivity contribution in [1.29, 1.82) is 0 Å². The number of aromatic amines is 4. The Bertz CT molecular complexity index is 3840. The average Bonchev–Trinajstić information content (AvgIpc) is 1.58. The van der Waals surface area contributed by atoms with Crippen LogP contribution in [0.25, 0.3) is 44.1 Å². The van der Waals surface area contributed by atoms with Crippen molar-refractivity contribution in [2.24, 2.45) is 11.8 Å². The van der Waals surface area contributed by atoms with Crippen LogP contribution in [0.1, 0.15) is 214 Å². The lowest BCUT2D eigenvalue weighted by Gasteiger charge is -2.34. The third kappa shape index (κ3) is 20.9. The number of fused-ring (bicyclic) bond motifs is 4. The van der Waals surface area contributed by atoms with Crippen molar-refractivity contribution in [3.63, 3.8) is 0 Å². The van der Waals surface area contributed by atoms with Gasteiger partial charge in [0.05, 0.1) is 67.0 Å². The summed E-state index contributed by atoms with van der Waals surface area (Å²) in [6.07, 6.45) is 31.0.